The summed E-state index contributed by atoms with van der Waals surface area (Å²) in [7, 11) is 3.19. The lowest BCUT2D eigenvalue weighted by atomic mass is 10.1. The highest BCUT2D eigenvalue weighted by atomic mass is 32.2. The molecule has 0 aromatic carbocycles. The Morgan fingerprint density at radius 1 is 1.39 bits per heavy atom. The van der Waals surface area contributed by atoms with Gasteiger partial charge in [0.1, 0.15) is 0 Å². The first-order chi connectivity index (χ1) is 8.49. The first-order valence-electron chi connectivity index (χ1n) is 6.24. The summed E-state index contributed by atoms with van der Waals surface area (Å²) in [6, 6.07) is 0. The Morgan fingerprint density at radius 3 is 2.50 bits per heavy atom. The number of hydrogen-bond donors (Lipinski definition) is 0. The molecule has 0 aliphatic carbocycles. The van der Waals surface area contributed by atoms with Crippen LogP contribution in [0.3, 0.4) is 0 Å². The van der Waals surface area contributed by atoms with E-state index in [4.69, 9.17) is 4.84 Å². The molecule has 1 saturated heterocycles. The molecule has 18 heavy (non-hydrogen) atoms. The molecule has 1 rings (SSSR count). The van der Waals surface area contributed by atoms with E-state index in [1.165, 1.54) is 35.7 Å². The van der Waals surface area contributed by atoms with E-state index >= 15 is 0 Å². The molecule has 3 nitrogen and oxygen atoms in total. The third-order valence-corrected chi connectivity index (χ3v) is 6.12. The van der Waals surface area contributed by atoms with Gasteiger partial charge in [0.2, 0.25) is 5.91 Å². The third kappa shape index (κ3) is 4.86. The fourth-order valence-corrected chi connectivity index (χ4v) is 5.29. The van der Waals surface area contributed by atoms with E-state index in [0.717, 1.165) is 6.42 Å². The number of hydroxylamine groups is 2. The summed E-state index contributed by atoms with van der Waals surface area (Å²) in [4.78, 5) is 16.7. The molecule has 0 atom stereocenters. The Bertz CT molecular complexity index is 308. The molecule has 0 spiro atoms. The van der Waals surface area contributed by atoms with Crippen LogP contribution in [-0.4, -0.2) is 40.7 Å². The summed E-state index contributed by atoms with van der Waals surface area (Å²) in [6.45, 7) is 4.25. The second kappa shape index (κ2) is 7.46. The number of allylic oxidation sites excluding steroid dienone is 1. The predicted octanol–water partition coefficient (Wildman–Crippen LogP) is 3.32. The van der Waals surface area contributed by atoms with Crippen molar-refractivity contribution in [2.75, 3.05) is 25.7 Å². The number of rotatable bonds is 5. The summed E-state index contributed by atoms with van der Waals surface area (Å²) < 4.78 is 0.0846. The van der Waals surface area contributed by atoms with Crippen LogP contribution in [0.15, 0.2) is 11.6 Å². The number of thioether (sulfide) groups is 2. The molecule has 1 amide bonds. The van der Waals surface area contributed by atoms with Crippen LogP contribution in [0.1, 0.15) is 33.1 Å². The van der Waals surface area contributed by atoms with Crippen molar-refractivity contribution in [1.82, 2.24) is 5.06 Å². The molecule has 0 saturated carbocycles. The number of nitrogens with zero attached hydrogens (tertiary/aromatic N) is 1. The Hall–Kier alpha value is -0.130. The van der Waals surface area contributed by atoms with Crippen LogP contribution in [-0.2, 0) is 9.63 Å². The molecular weight excluding hydrogens is 266 g/mol. The van der Waals surface area contributed by atoms with Gasteiger partial charge in [0, 0.05) is 13.5 Å². The Kier molecular flexibility index (Phi) is 6.60. The number of amides is 1. The van der Waals surface area contributed by atoms with Crippen molar-refractivity contribution >= 4 is 29.4 Å². The van der Waals surface area contributed by atoms with E-state index in [2.05, 4.69) is 19.9 Å². The Labute approximate surface area is 119 Å². The van der Waals surface area contributed by atoms with Gasteiger partial charge in [-0.25, -0.2) is 5.06 Å². The summed E-state index contributed by atoms with van der Waals surface area (Å²) in [5, 5.41) is 1.31. The van der Waals surface area contributed by atoms with E-state index in [1.54, 1.807) is 7.05 Å². The highest BCUT2D eigenvalue weighted by Crippen LogP contribution is 2.47. The van der Waals surface area contributed by atoms with Crippen LogP contribution in [0, 0.1) is 0 Å². The van der Waals surface area contributed by atoms with Crippen LogP contribution in [0.25, 0.3) is 0 Å². The van der Waals surface area contributed by atoms with Crippen molar-refractivity contribution < 1.29 is 9.63 Å². The fourth-order valence-electron chi connectivity index (χ4n) is 1.87. The molecule has 1 fully saturated rings. The minimum atomic E-state index is 0.0470. The molecule has 5 heteroatoms. The summed E-state index contributed by atoms with van der Waals surface area (Å²) >= 11 is 3.95. The van der Waals surface area contributed by atoms with Gasteiger partial charge in [0.25, 0.3) is 0 Å². The van der Waals surface area contributed by atoms with Gasteiger partial charge in [-0.15, -0.1) is 23.5 Å². The van der Waals surface area contributed by atoms with Crippen LogP contribution in [0.2, 0.25) is 0 Å². The highest BCUT2D eigenvalue weighted by molar-refractivity contribution is 8.19. The lowest BCUT2D eigenvalue weighted by Gasteiger charge is -2.34. The average molecular weight is 289 g/mol. The van der Waals surface area contributed by atoms with E-state index in [9.17, 15) is 4.79 Å². The molecule has 0 aromatic heterocycles. The van der Waals surface area contributed by atoms with Crippen molar-refractivity contribution in [1.29, 1.82) is 0 Å². The van der Waals surface area contributed by atoms with Gasteiger partial charge >= 0.3 is 0 Å². The molecule has 0 radical (unpaired) electrons. The second-order valence-corrected chi connectivity index (χ2v) is 7.77. The molecule has 1 heterocycles. The minimum absolute atomic E-state index is 0.0470. The van der Waals surface area contributed by atoms with Gasteiger partial charge in [0.05, 0.1) is 11.2 Å². The number of hydrogen-bond acceptors (Lipinski definition) is 4. The maximum absolute atomic E-state index is 11.8. The zero-order chi connectivity index (χ0) is 13.6. The zero-order valence-electron chi connectivity index (χ0n) is 11.7. The highest BCUT2D eigenvalue weighted by Gasteiger charge is 2.32. The number of carbonyl (C=O) groups excluding carboxylic acids is 1. The van der Waals surface area contributed by atoms with Crippen molar-refractivity contribution in [2.45, 2.75) is 37.2 Å². The number of carbonyl (C=O) groups is 1. The lowest BCUT2D eigenvalue weighted by Crippen LogP contribution is -2.29. The standard InChI is InChI=1S/C13H23NO2S2/c1-11(2)10-13(17-8-5-9-18-13)7-6-12(15)14(3)16-4/h10H,5-9H2,1-4H3. The Balaban J connectivity index is 2.62. The van der Waals surface area contributed by atoms with Gasteiger partial charge in [-0.2, -0.15) is 0 Å². The van der Waals surface area contributed by atoms with Crippen molar-refractivity contribution in [3.63, 3.8) is 0 Å². The topological polar surface area (TPSA) is 29.5 Å². The van der Waals surface area contributed by atoms with E-state index < -0.39 is 0 Å². The molecule has 1 aliphatic heterocycles. The maximum atomic E-state index is 11.8. The van der Waals surface area contributed by atoms with Crippen molar-refractivity contribution in [2.24, 2.45) is 0 Å². The van der Waals surface area contributed by atoms with Crippen molar-refractivity contribution in [3.05, 3.63) is 11.6 Å². The molecule has 0 N–H and O–H groups in total. The molecule has 0 unspecified atom stereocenters. The van der Waals surface area contributed by atoms with Gasteiger partial charge in [-0.05, 0) is 38.2 Å². The average Bonchev–Trinajstić information content (AvgIpc) is 2.35. The molecule has 0 bridgehead atoms. The summed E-state index contributed by atoms with van der Waals surface area (Å²) in [5.41, 5.74) is 1.32. The van der Waals surface area contributed by atoms with Crippen LogP contribution in [0.4, 0.5) is 0 Å². The molecular formula is C13H23NO2S2. The minimum Gasteiger partial charge on any atom is -0.275 e. The maximum Gasteiger partial charge on any atom is 0.245 e. The van der Waals surface area contributed by atoms with E-state index in [1.807, 2.05) is 23.5 Å². The summed E-state index contributed by atoms with van der Waals surface area (Å²) in [6.07, 6.45) is 5.00. The SMILES string of the molecule is CON(C)C(=O)CCC1(C=C(C)C)SCCCS1. The first kappa shape index (κ1) is 15.9. The zero-order valence-corrected chi connectivity index (χ0v) is 13.3. The monoisotopic (exact) mass is 289 g/mol. The second-order valence-electron chi connectivity index (χ2n) is 4.66. The van der Waals surface area contributed by atoms with Crippen molar-refractivity contribution in [3.8, 4) is 0 Å². The fraction of sp³-hybridized carbons (Fsp3) is 0.769. The van der Waals surface area contributed by atoms with E-state index in [0.29, 0.717) is 6.42 Å². The van der Waals surface area contributed by atoms with Gasteiger partial charge in [0.15, 0.2) is 0 Å². The Morgan fingerprint density at radius 2 is 2.00 bits per heavy atom. The first-order valence-corrected chi connectivity index (χ1v) is 8.21. The predicted molar refractivity (Wildman–Crippen MR) is 80.7 cm³/mol. The lowest BCUT2D eigenvalue weighted by molar-refractivity contribution is -0.168. The molecule has 1 aliphatic rings. The third-order valence-electron chi connectivity index (χ3n) is 2.80. The van der Waals surface area contributed by atoms with Crippen LogP contribution < -0.4 is 0 Å². The largest absolute Gasteiger partial charge is 0.275 e. The quantitative estimate of drug-likeness (QED) is 0.573. The normalized spacial score (nSPS) is 18.2. The van der Waals surface area contributed by atoms with Gasteiger partial charge < -0.3 is 0 Å². The molecule has 0 aromatic rings. The summed E-state index contributed by atoms with van der Waals surface area (Å²) in [5.74, 6) is 2.42. The van der Waals surface area contributed by atoms with Crippen LogP contribution >= 0.6 is 23.5 Å². The van der Waals surface area contributed by atoms with Gasteiger partial charge in [-0.3, -0.25) is 9.63 Å². The molecule has 104 valence electrons. The van der Waals surface area contributed by atoms with E-state index in [-0.39, 0.29) is 9.99 Å². The van der Waals surface area contributed by atoms with Crippen LogP contribution in [0.5, 0.6) is 0 Å². The van der Waals surface area contributed by atoms with Gasteiger partial charge in [-0.1, -0.05) is 11.6 Å². The smallest absolute Gasteiger partial charge is 0.245 e.